The SMILES string of the molecule is C=P(C)(C)NCCOc1ccc(Cc2cc(C3CC(O)CC(CO)O3)ccc2Cl)cc1. The molecule has 1 fully saturated rings. The van der Waals surface area contributed by atoms with Crippen LogP contribution in [0.25, 0.3) is 0 Å². The van der Waals surface area contributed by atoms with Crippen molar-refractivity contribution in [3.05, 3.63) is 64.2 Å². The Labute approximate surface area is 190 Å². The third-order valence-electron chi connectivity index (χ3n) is 5.25. The van der Waals surface area contributed by atoms with Crippen LogP contribution in [0.3, 0.4) is 0 Å². The predicted octanol–water partition coefficient (Wildman–Crippen LogP) is 4.10. The Kier molecular flexibility index (Phi) is 8.63. The number of nitrogens with one attached hydrogen (secondary N) is 1. The van der Waals surface area contributed by atoms with E-state index >= 15 is 0 Å². The Morgan fingerprint density at radius 2 is 1.94 bits per heavy atom. The number of hydrogen-bond acceptors (Lipinski definition) is 5. The summed E-state index contributed by atoms with van der Waals surface area (Å²) in [7, 11) is -1.24. The van der Waals surface area contributed by atoms with Gasteiger partial charge in [-0.1, -0.05) is 49.2 Å². The summed E-state index contributed by atoms with van der Waals surface area (Å²) in [6.07, 6.45) is 4.74. The molecule has 2 aromatic rings. The second-order valence-corrected chi connectivity index (χ2v) is 12.8. The molecule has 0 aliphatic carbocycles. The second-order valence-electron chi connectivity index (χ2n) is 8.67. The summed E-state index contributed by atoms with van der Waals surface area (Å²) < 4.78 is 11.7. The molecule has 0 saturated carbocycles. The highest BCUT2D eigenvalue weighted by Crippen LogP contribution is 2.34. The van der Waals surface area contributed by atoms with Gasteiger partial charge in [0.25, 0.3) is 0 Å². The molecule has 3 atom stereocenters. The highest BCUT2D eigenvalue weighted by Gasteiger charge is 2.29. The fourth-order valence-electron chi connectivity index (χ4n) is 3.69. The largest absolute Gasteiger partial charge is 0.492 e. The summed E-state index contributed by atoms with van der Waals surface area (Å²) in [4.78, 5) is 0. The predicted molar refractivity (Wildman–Crippen MR) is 130 cm³/mol. The molecule has 0 radical (unpaired) electrons. The van der Waals surface area contributed by atoms with Crippen LogP contribution in [-0.2, 0) is 11.2 Å². The minimum atomic E-state index is -1.24. The molecule has 3 rings (SSSR count). The summed E-state index contributed by atoms with van der Waals surface area (Å²) in [6, 6.07) is 13.9. The molecule has 3 N–H and O–H groups in total. The average molecular weight is 466 g/mol. The van der Waals surface area contributed by atoms with Crippen LogP contribution >= 0.6 is 18.6 Å². The van der Waals surface area contributed by atoms with Crippen LogP contribution in [0.1, 0.15) is 35.6 Å². The van der Waals surface area contributed by atoms with Crippen molar-refractivity contribution in [2.75, 3.05) is 33.1 Å². The Hall–Kier alpha value is -1.33. The maximum atomic E-state index is 10.1. The van der Waals surface area contributed by atoms with Crippen LogP contribution in [0.4, 0.5) is 0 Å². The van der Waals surface area contributed by atoms with Gasteiger partial charge in [0, 0.05) is 24.4 Å². The number of aliphatic hydroxyl groups is 2. The van der Waals surface area contributed by atoms with Crippen molar-refractivity contribution in [1.82, 2.24) is 5.09 Å². The average Bonchev–Trinajstić information content (AvgIpc) is 2.72. The molecular weight excluding hydrogens is 433 g/mol. The van der Waals surface area contributed by atoms with E-state index in [0.717, 1.165) is 29.0 Å². The molecule has 0 aromatic heterocycles. The summed E-state index contributed by atoms with van der Waals surface area (Å²) in [6.45, 7) is 5.57. The van der Waals surface area contributed by atoms with Crippen LogP contribution in [0, 0.1) is 0 Å². The van der Waals surface area contributed by atoms with Gasteiger partial charge in [-0.25, -0.2) is 0 Å². The highest BCUT2D eigenvalue weighted by molar-refractivity contribution is 7.70. The first-order valence-corrected chi connectivity index (χ1v) is 13.9. The molecule has 1 aliphatic heterocycles. The summed E-state index contributed by atoms with van der Waals surface area (Å²) in [5, 5.41) is 23.6. The topological polar surface area (TPSA) is 71.0 Å². The third kappa shape index (κ3) is 7.64. The van der Waals surface area contributed by atoms with Crippen LogP contribution in [0.2, 0.25) is 5.02 Å². The van der Waals surface area contributed by atoms with Gasteiger partial charge in [-0.15, -0.1) is 0 Å². The van der Waals surface area contributed by atoms with Crippen LogP contribution in [-0.4, -0.2) is 61.8 Å². The van der Waals surface area contributed by atoms with Gasteiger partial charge in [0.2, 0.25) is 0 Å². The molecule has 2 aromatic carbocycles. The number of benzene rings is 2. The normalized spacial score (nSPS) is 21.8. The standard InChI is InChI=1S/C24H33ClNO4P/c1-31(2,3)26-10-11-29-21-7-4-17(5-8-21)12-19-13-18(6-9-23(19)25)24-15-20(28)14-22(16-27)30-24/h4-9,13,20,22,24,26-28H,1,10-12,14-16H2,2-3H3. The van der Waals surface area contributed by atoms with E-state index < -0.39 is 13.1 Å². The first-order valence-electron chi connectivity index (χ1n) is 10.6. The van der Waals surface area contributed by atoms with Gasteiger partial charge in [0.1, 0.15) is 12.4 Å². The number of rotatable bonds is 9. The molecule has 7 heteroatoms. The monoisotopic (exact) mass is 465 g/mol. The van der Waals surface area contributed by atoms with Gasteiger partial charge < -0.3 is 19.7 Å². The van der Waals surface area contributed by atoms with Gasteiger partial charge in [-0.05, 0) is 54.6 Å². The minimum absolute atomic E-state index is 0.0901. The zero-order chi connectivity index (χ0) is 22.4. The van der Waals surface area contributed by atoms with Gasteiger partial charge in [-0.2, -0.15) is 0 Å². The van der Waals surface area contributed by atoms with E-state index in [0.29, 0.717) is 30.9 Å². The van der Waals surface area contributed by atoms with E-state index in [9.17, 15) is 10.2 Å². The molecule has 1 aliphatic rings. The van der Waals surface area contributed by atoms with Crippen molar-refractivity contribution in [2.24, 2.45) is 0 Å². The molecule has 0 spiro atoms. The second kappa shape index (κ2) is 11.0. The Balaban J connectivity index is 1.62. The van der Waals surface area contributed by atoms with Crippen molar-refractivity contribution in [3.63, 3.8) is 0 Å². The summed E-state index contributed by atoms with van der Waals surface area (Å²) in [5.41, 5.74) is 3.11. The molecule has 0 amide bonds. The van der Waals surface area contributed by atoms with Crippen molar-refractivity contribution < 1.29 is 19.7 Å². The molecule has 1 saturated heterocycles. The van der Waals surface area contributed by atoms with E-state index in [4.69, 9.17) is 21.1 Å². The van der Waals surface area contributed by atoms with Gasteiger partial charge >= 0.3 is 0 Å². The molecule has 3 unspecified atom stereocenters. The smallest absolute Gasteiger partial charge is 0.119 e. The Morgan fingerprint density at radius 3 is 2.61 bits per heavy atom. The lowest BCUT2D eigenvalue weighted by Gasteiger charge is -2.32. The fraction of sp³-hybridized carbons (Fsp3) is 0.458. The van der Waals surface area contributed by atoms with E-state index in [1.165, 1.54) is 0 Å². The highest BCUT2D eigenvalue weighted by atomic mass is 35.5. The van der Waals surface area contributed by atoms with Crippen molar-refractivity contribution in [3.8, 4) is 5.75 Å². The summed E-state index contributed by atoms with van der Waals surface area (Å²) >= 11 is 6.46. The van der Waals surface area contributed by atoms with Crippen LogP contribution in [0.5, 0.6) is 5.75 Å². The first kappa shape index (κ1) is 24.3. The fourth-order valence-corrected chi connectivity index (χ4v) is 4.57. The molecule has 5 nitrogen and oxygen atoms in total. The van der Waals surface area contributed by atoms with Crippen LogP contribution in [0.15, 0.2) is 42.5 Å². The van der Waals surface area contributed by atoms with Gasteiger partial charge in [-0.3, -0.25) is 5.09 Å². The van der Waals surface area contributed by atoms with Crippen molar-refractivity contribution in [1.29, 1.82) is 0 Å². The van der Waals surface area contributed by atoms with Crippen molar-refractivity contribution in [2.45, 2.75) is 37.6 Å². The molecule has 1 heterocycles. The van der Waals surface area contributed by atoms with Crippen LogP contribution < -0.4 is 9.82 Å². The molecule has 31 heavy (non-hydrogen) atoms. The van der Waals surface area contributed by atoms with Gasteiger partial charge in [0.05, 0.1) is 24.9 Å². The van der Waals surface area contributed by atoms with E-state index in [2.05, 4.69) is 24.7 Å². The van der Waals surface area contributed by atoms with E-state index in [1.807, 2.05) is 42.5 Å². The zero-order valence-corrected chi connectivity index (χ0v) is 19.9. The summed E-state index contributed by atoms with van der Waals surface area (Å²) in [5.74, 6) is 0.838. The van der Waals surface area contributed by atoms with E-state index in [1.54, 1.807) is 0 Å². The third-order valence-corrected chi connectivity index (χ3v) is 6.70. The Bertz CT molecular complexity index is 899. The number of aliphatic hydroxyl groups excluding tert-OH is 2. The maximum absolute atomic E-state index is 10.1. The first-order chi connectivity index (χ1) is 14.7. The number of hydrogen-bond donors (Lipinski definition) is 3. The molecular formula is C24H33ClNO4P. The number of halogens is 1. The lowest BCUT2D eigenvalue weighted by Crippen LogP contribution is -2.33. The lowest BCUT2D eigenvalue weighted by atomic mass is 9.94. The van der Waals surface area contributed by atoms with Gasteiger partial charge in [0.15, 0.2) is 0 Å². The minimum Gasteiger partial charge on any atom is -0.492 e. The zero-order valence-electron chi connectivity index (χ0n) is 18.3. The van der Waals surface area contributed by atoms with E-state index in [-0.39, 0.29) is 18.8 Å². The molecule has 170 valence electrons. The molecule has 0 bridgehead atoms. The Morgan fingerprint density at radius 1 is 1.19 bits per heavy atom. The lowest BCUT2D eigenvalue weighted by molar-refractivity contribution is -0.113. The van der Waals surface area contributed by atoms with Crippen molar-refractivity contribution >= 4 is 24.9 Å². The maximum Gasteiger partial charge on any atom is 0.119 e. The quantitative estimate of drug-likeness (QED) is 0.384. The number of ether oxygens (including phenoxy) is 2.